The second-order valence-electron chi connectivity index (χ2n) is 8.59. The zero-order valence-corrected chi connectivity index (χ0v) is 21.3. The van der Waals surface area contributed by atoms with Crippen molar-refractivity contribution in [1.29, 1.82) is 0 Å². The number of aromatic nitrogens is 1. The predicted molar refractivity (Wildman–Crippen MR) is 133 cm³/mol. The summed E-state index contributed by atoms with van der Waals surface area (Å²) in [7, 11) is 0. The lowest BCUT2D eigenvalue weighted by molar-refractivity contribution is -0.145. The number of hydrogen-bond donors (Lipinski definition) is 2. The maximum Gasteiger partial charge on any atom is 0.420 e. The van der Waals surface area contributed by atoms with Gasteiger partial charge in [0.05, 0.1) is 0 Å². The molecule has 10 heteroatoms. The number of hydrogen-bond acceptors (Lipinski definition) is 2. The number of rotatable bonds is 8. The van der Waals surface area contributed by atoms with Crippen molar-refractivity contribution in [2.45, 2.75) is 78.6 Å². The zero-order valence-electron chi connectivity index (χ0n) is 21.3. The highest BCUT2D eigenvalue weighted by Crippen LogP contribution is 2.47. The van der Waals surface area contributed by atoms with Gasteiger partial charge in [0.2, 0.25) is 5.91 Å². The van der Waals surface area contributed by atoms with Crippen LogP contribution >= 0.6 is 0 Å². The molecule has 3 aromatic rings. The lowest BCUT2D eigenvalue weighted by Crippen LogP contribution is -2.17. The van der Waals surface area contributed by atoms with Crippen LogP contribution in [0.5, 0.6) is 11.5 Å². The lowest BCUT2D eigenvalue weighted by atomic mass is 10.1. The van der Waals surface area contributed by atoms with E-state index >= 15 is 0 Å². The van der Waals surface area contributed by atoms with Gasteiger partial charge in [-0.05, 0) is 48.7 Å². The van der Waals surface area contributed by atoms with E-state index in [4.69, 9.17) is 4.74 Å². The van der Waals surface area contributed by atoms with E-state index in [0.717, 1.165) is 12.0 Å². The molecule has 4 nitrogen and oxygen atoms in total. The van der Waals surface area contributed by atoms with Crippen LogP contribution in [0.1, 0.15) is 76.5 Å². The number of aryl methyl sites for hydroxylation is 1. The van der Waals surface area contributed by atoms with Gasteiger partial charge in [0.15, 0.2) is 5.75 Å². The molecule has 0 unspecified atom stereocenters. The van der Waals surface area contributed by atoms with E-state index in [2.05, 4.69) is 24.1 Å². The summed E-state index contributed by atoms with van der Waals surface area (Å²) >= 11 is 0. The van der Waals surface area contributed by atoms with Crippen LogP contribution in [-0.2, 0) is 23.6 Å². The molecule has 204 valence electrons. The number of benzene rings is 2. The van der Waals surface area contributed by atoms with Gasteiger partial charge < -0.3 is 15.0 Å². The summed E-state index contributed by atoms with van der Waals surface area (Å²) in [5, 5.41) is 2.79. The van der Waals surface area contributed by atoms with Crippen molar-refractivity contribution in [3.63, 3.8) is 0 Å². The van der Waals surface area contributed by atoms with Crippen LogP contribution in [0.2, 0.25) is 0 Å². The van der Waals surface area contributed by atoms with Gasteiger partial charge in [-0.25, -0.2) is 0 Å². The Kier molecular flexibility index (Phi) is 10.5. The molecular weight excluding hydrogens is 498 g/mol. The second kappa shape index (κ2) is 12.9. The molecular formula is C27H32F6N2O2. The van der Waals surface area contributed by atoms with Gasteiger partial charge in [-0.2, -0.15) is 26.3 Å². The Hall–Kier alpha value is -3.17. The number of carbonyl (C=O) groups excluding carboxylic acids is 1. The van der Waals surface area contributed by atoms with Crippen LogP contribution in [0.3, 0.4) is 0 Å². The van der Waals surface area contributed by atoms with Crippen LogP contribution < -0.4 is 10.1 Å². The SMILES string of the molecule is CCC.CCCCCC(=O)Nc1cc(C(F)(F)F)c(Oc2ccc3[nH]cc(CC)c3c2)c(C(F)(F)F)c1. The molecule has 3 rings (SSSR count). The Morgan fingerprint density at radius 2 is 1.51 bits per heavy atom. The minimum Gasteiger partial charge on any atom is -0.456 e. The summed E-state index contributed by atoms with van der Waals surface area (Å²) in [4.78, 5) is 15.0. The third kappa shape index (κ3) is 8.16. The van der Waals surface area contributed by atoms with Crippen molar-refractivity contribution >= 4 is 22.5 Å². The van der Waals surface area contributed by atoms with E-state index < -0.39 is 40.8 Å². The summed E-state index contributed by atoms with van der Waals surface area (Å²) in [6, 6.07) is 5.15. The Labute approximate surface area is 212 Å². The number of fused-ring (bicyclic) bond motifs is 1. The zero-order chi connectivity index (χ0) is 27.8. The molecule has 2 aromatic carbocycles. The summed E-state index contributed by atoms with van der Waals surface area (Å²) < 4.78 is 88.3. The summed E-state index contributed by atoms with van der Waals surface area (Å²) in [5.74, 6) is -2.19. The predicted octanol–water partition coefficient (Wildman–Crippen LogP) is 9.50. The standard InChI is InChI=1S/C24H24F6N2O2.C3H8/c1-3-5-6-7-21(33)32-15-10-18(23(25,26)27)22(19(11-15)24(28,29)30)34-16-8-9-20-17(12-16)14(4-2)13-31-20;1-3-2/h8-13,31H,3-7H2,1-2H3,(H,32,33);3H2,1-2H3. The average molecular weight is 531 g/mol. The normalized spacial score (nSPS) is 11.7. The molecule has 0 aliphatic heterocycles. The minimum atomic E-state index is -5.16. The van der Waals surface area contributed by atoms with Crippen LogP contribution in [-0.4, -0.2) is 10.9 Å². The second-order valence-corrected chi connectivity index (χ2v) is 8.59. The highest BCUT2D eigenvalue weighted by molar-refractivity contribution is 5.91. The number of anilines is 1. The fourth-order valence-corrected chi connectivity index (χ4v) is 3.62. The quantitative estimate of drug-likeness (QED) is 0.225. The molecule has 2 N–H and O–H groups in total. The maximum atomic E-state index is 13.8. The molecule has 1 heterocycles. The summed E-state index contributed by atoms with van der Waals surface area (Å²) in [6.45, 7) is 8.02. The van der Waals surface area contributed by atoms with E-state index in [0.29, 0.717) is 42.3 Å². The van der Waals surface area contributed by atoms with Gasteiger partial charge in [-0.3, -0.25) is 4.79 Å². The Bertz CT molecular complexity index is 1150. The first-order valence-corrected chi connectivity index (χ1v) is 12.3. The lowest BCUT2D eigenvalue weighted by Gasteiger charge is -2.21. The Morgan fingerprint density at radius 1 is 0.919 bits per heavy atom. The highest BCUT2D eigenvalue weighted by Gasteiger charge is 2.43. The molecule has 0 saturated heterocycles. The summed E-state index contributed by atoms with van der Waals surface area (Å²) in [5.41, 5.74) is -2.33. The van der Waals surface area contributed by atoms with Crippen LogP contribution in [0.15, 0.2) is 36.5 Å². The molecule has 1 amide bonds. The van der Waals surface area contributed by atoms with E-state index in [-0.39, 0.29) is 12.2 Å². The van der Waals surface area contributed by atoms with Gasteiger partial charge in [0, 0.05) is 29.2 Å². The van der Waals surface area contributed by atoms with Crippen molar-refractivity contribution in [2.75, 3.05) is 5.32 Å². The van der Waals surface area contributed by atoms with E-state index in [9.17, 15) is 31.1 Å². The average Bonchev–Trinajstić information content (AvgIpc) is 3.21. The molecule has 0 bridgehead atoms. The summed E-state index contributed by atoms with van der Waals surface area (Å²) in [6.07, 6.45) is -4.76. The molecule has 0 fully saturated rings. The Morgan fingerprint density at radius 3 is 2.03 bits per heavy atom. The van der Waals surface area contributed by atoms with Crippen molar-refractivity contribution in [3.8, 4) is 11.5 Å². The van der Waals surface area contributed by atoms with E-state index in [1.807, 2.05) is 13.8 Å². The smallest absolute Gasteiger partial charge is 0.420 e. The highest BCUT2D eigenvalue weighted by atomic mass is 19.4. The number of carbonyl (C=O) groups is 1. The van der Waals surface area contributed by atoms with E-state index in [1.54, 1.807) is 6.20 Å². The first kappa shape index (κ1) is 30.1. The van der Waals surface area contributed by atoms with Crippen molar-refractivity contribution in [2.24, 2.45) is 0 Å². The minimum absolute atomic E-state index is 0.00870. The molecule has 0 radical (unpaired) electrons. The number of halogens is 6. The number of aromatic amines is 1. The largest absolute Gasteiger partial charge is 0.456 e. The molecule has 0 saturated carbocycles. The molecule has 37 heavy (non-hydrogen) atoms. The van der Waals surface area contributed by atoms with Gasteiger partial charge >= 0.3 is 12.4 Å². The first-order chi connectivity index (χ1) is 17.3. The fourth-order valence-electron chi connectivity index (χ4n) is 3.62. The molecule has 0 spiro atoms. The van der Waals surface area contributed by atoms with Gasteiger partial charge in [-0.15, -0.1) is 0 Å². The molecule has 1 aromatic heterocycles. The third-order valence-corrected chi connectivity index (χ3v) is 5.33. The molecule has 0 atom stereocenters. The third-order valence-electron chi connectivity index (χ3n) is 5.33. The van der Waals surface area contributed by atoms with Crippen molar-refractivity contribution in [3.05, 3.63) is 53.2 Å². The van der Waals surface area contributed by atoms with Crippen molar-refractivity contribution in [1.82, 2.24) is 4.98 Å². The first-order valence-electron chi connectivity index (χ1n) is 12.3. The van der Waals surface area contributed by atoms with Crippen LogP contribution in [0.25, 0.3) is 10.9 Å². The van der Waals surface area contributed by atoms with Gasteiger partial charge in [0.1, 0.15) is 16.9 Å². The maximum absolute atomic E-state index is 13.8. The number of alkyl halides is 6. The van der Waals surface area contributed by atoms with Crippen LogP contribution in [0.4, 0.5) is 32.0 Å². The monoisotopic (exact) mass is 530 g/mol. The number of unbranched alkanes of at least 4 members (excludes halogenated alkanes) is 2. The van der Waals surface area contributed by atoms with E-state index in [1.165, 1.54) is 24.6 Å². The van der Waals surface area contributed by atoms with Crippen LogP contribution in [0, 0.1) is 0 Å². The number of ether oxygens (including phenoxy) is 1. The number of amides is 1. The van der Waals surface area contributed by atoms with Gasteiger partial charge in [0.25, 0.3) is 0 Å². The van der Waals surface area contributed by atoms with Gasteiger partial charge in [-0.1, -0.05) is 47.0 Å². The Balaban J connectivity index is 0.00000153. The fraction of sp³-hybridized carbons (Fsp3) is 0.444. The molecule has 0 aliphatic rings. The van der Waals surface area contributed by atoms with Crippen molar-refractivity contribution < 1.29 is 35.9 Å². The number of H-pyrrole nitrogens is 1. The molecule has 0 aliphatic carbocycles. The number of nitrogens with one attached hydrogen (secondary N) is 2. The topological polar surface area (TPSA) is 54.1 Å².